The lowest BCUT2D eigenvalue weighted by Crippen LogP contribution is -2.28. The van der Waals surface area contributed by atoms with Crippen molar-refractivity contribution in [3.63, 3.8) is 0 Å². The maximum absolute atomic E-state index is 12.0. The first-order valence-electron chi connectivity index (χ1n) is 5.18. The minimum atomic E-state index is -4.15. The predicted octanol–water partition coefficient (Wildman–Crippen LogP) is 2.31. The summed E-state index contributed by atoms with van der Waals surface area (Å²) in [5, 5.41) is 5.60. The molecule has 0 bridgehead atoms. The smallest absolute Gasteiger partial charge is 0.384 e. The lowest BCUT2D eigenvalue weighted by atomic mass is 10.1. The SMILES string of the molecule is FC(F)(F)CNCc1cccc2c1NCC2. The number of fused-ring (bicyclic) bond motifs is 1. The number of anilines is 1. The van der Waals surface area contributed by atoms with Gasteiger partial charge in [-0.15, -0.1) is 0 Å². The predicted molar refractivity (Wildman–Crippen MR) is 56.4 cm³/mol. The molecule has 0 fully saturated rings. The van der Waals surface area contributed by atoms with E-state index in [-0.39, 0.29) is 6.54 Å². The summed E-state index contributed by atoms with van der Waals surface area (Å²) >= 11 is 0. The van der Waals surface area contributed by atoms with Gasteiger partial charge in [-0.25, -0.2) is 0 Å². The maximum Gasteiger partial charge on any atom is 0.401 e. The number of para-hydroxylation sites is 1. The summed E-state index contributed by atoms with van der Waals surface area (Å²) in [6.07, 6.45) is -3.20. The van der Waals surface area contributed by atoms with Crippen LogP contribution in [0.3, 0.4) is 0 Å². The Hall–Kier alpha value is -1.23. The molecule has 1 aliphatic heterocycles. The lowest BCUT2D eigenvalue weighted by molar-refractivity contribution is -0.125. The highest BCUT2D eigenvalue weighted by Crippen LogP contribution is 2.26. The molecule has 0 radical (unpaired) electrons. The molecule has 5 heteroatoms. The monoisotopic (exact) mass is 230 g/mol. The Balaban J connectivity index is 1.98. The van der Waals surface area contributed by atoms with Crippen molar-refractivity contribution in [1.82, 2.24) is 5.32 Å². The van der Waals surface area contributed by atoms with E-state index >= 15 is 0 Å². The number of rotatable bonds is 3. The number of hydrogen-bond donors (Lipinski definition) is 2. The van der Waals surface area contributed by atoms with E-state index in [4.69, 9.17) is 0 Å². The first-order valence-corrected chi connectivity index (χ1v) is 5.18. The van der Waals surface area contributed by atoms with Gasteiger partial charge in [-0.1, -0.05) is 18.2 Å². The fourth-order valence-electron chi connectivity index (χ4n) is 1.90. The molecular formula is C11H13F3N2. The quantitative estimate of drug-likeness (QED) is 0.832. The van der Waals surface area contributed by atoms with Crippen LogP contribution < -0.4 is 10.6 Å². The van der Waals surface area contributed by atoms with Crippen LogP contribution in [0.1, 0.15) is 11.1 Å². The van der Waals surface area contributed by atoms with E-state index < -0.39 is 12.7 Å². The summed E-state index contributed by atoms with van der Waals surface area (Å²) in [5.41, 5.74) is 3.09. The third-order valence-electron chi connectivity index (χ3n) is 2.57. The van der Waals surface area contributed by atoms with Gasteiger partial charge in [0.05, 0.1) is 6.54 Å². The average Bonchev–Trinajstić information content (AvgIpc) is 2.64. The Morgan fingerprint density at radius 2 is 2.12 bits per heavy atom. The Morgan fingerprint density at radius 1 is 1.31 bits per heavy atom. The highest BCUT2D eigenvalue weighted by Gasteiger charge is 2.26. The van der Waals surface area contributed by atoms with Gasteiger partial charge in [0.25, 0.3) is 0 Å². The van der Waals surface area contributed by atoms with E-state index in [1.165, 1.54) is 5.56 Å². The van der Waals surface area contributed by atoms with Crippen LogP contribution in [0.15, 0.2) is 18.2 Å². The van der Waals surface area contributed by atoms with Crippen molar-refractivity contribution in [2.75, 3.05) is 18.4 Å². The Bertz CT molecular complexity index is 374. The number of alkyl halides is 3. The number of halogens is 3. The highest BCUT2D eigenvalue weighted by atomic mass is 19.4. The summed E-state index contributed by atoms with van der Waals surface area (Å²) in [7, 11) is 0. The van der Waals surface area contributed by atoms with E-state index in [0.29, 0.717) is 0 Å². The van der Waals surface area contributed by atoms with Gasteiger partial charge in [-0.3, -0.25) is 0 Å². The zero-order valence-corrected chi connectivity index (χ0v) is 8.69. The summed E-state index contributed by atoms with van der Waals surface area (Å²) < 4.78 is 35.9. The molecule has 0 aliphatic carbocycles. The molecule has 0 atom stereocenters. The number of benzene rings is 1. The van der Waals surface area contributed by atoms with E-state index in [1.54, 1.807) is 0 Å². The number of hydrogen-bond acceptors (Lipinski definition) is 2. The fraction of sp³-hybridized carbons (Fsp3) is 0.455. The van der Waals surface area contributed by atoms with Gasteiger partial charge in [0.1, 0.15) is 0 Å². The van der Waals surface area contributed by atoms with E-state index in [0.717, 1.165) is 24.2 Å². The fourth-order valence-corrected chi connectivity index (χ4v) is 1.90. The Morgan fingerprint density at radius 3 is 2.88 bits per heavy atom. The zero-order chi connectivity index (χ0) is 11.6. The second-order valence-corrected chi connectivity index (χ2v) is 3.85. The zero-order valence-electron chi connectivity index (χ0n) is 8.69. The van der Waals surface area contributed by atoms with Gasteiger partial charge in [-0.2, -0.15) is 13.2 Å². The van der Waals surface area contributed by atoms with Gasteiger partial charge < -0.3 is 10.6 Å². The van der Waals surface area contributed by atoms with Gasteiger partial charge in [0, 0.05) is 18.8 Å². The van der Waals surface area contributed by atoms with Crippen LogP contribution in [0.4, 0.5) is 18.9 Å². The molecule has 0 amide bonds. The van der Waals surface area contributed by atoms with Crippen LogP contribution in [0.5, 0.6) is 0 Å². The van der Waals surface area contributed by atoms with Gasteiger partial charge in [0.2, 0.25) is 0 Å². The van der Waals surface area contributed by atoms with Crippen molar-refractivity contribution < 1.29 is 13.2 Å². The van der Waals surface area contributed by atoms with Gasteiger partial charge in [0.15, 0.2) is 0 Å². The Labute approximate surface area is 91.8 Å². The average molecular weight is 230 g/mol. The molecule has 88 valence electrons. The molecule has 1 aliphatic rings. The van der Waals surface area contributed by atoms with Gasteiger partial charge >= 0.3 is 6.18 Å². The summed E-state index contributed by atoms with van der Waals surface area (Å²) in [6, 6.07) is 5.74. The Kier molecular flexibility index (Phi) is 3.05. The van der Waals surface area contributed by atoms with Crippen molar-refractivity contribution in [2.24, 2.45) is 0 Å². The normalized spacial score (nSPS) is 14.7. The van der Waals surface area contributed by atoms with Crippen molar-refractivity contribution in [3.8, 4) is 0 Å². The summed E-state index contributed by atoms with van der Waals surface area (Å²) in [5.74, 6) is 0. The van der Waals surface area contributed by atoms with Crippen molar-refractivity contribution in [1.29, 1.82) is 0 Å². The molecule has 0 saturated heterocycles. The highest BCUT2D eigenvalue weighted by molar-refractivity contribution is 5.61. The molecule has 0 aromatic heterocycles. The standard InChI is InChI=1S/C11H13F3N2/c12-11(13,14)7-15-6-9-3-1-2-8-4-5-16-10(8)9/h1-3,15-16H,4-7H2. The molecular weight excluding hydrogens is 217 g/mol. The van der Waals surface area contributed by atoms with Crippen molar-refractivity contribution >= 4 is 5.69 Å². The molecule has 1 aromatic rings. The molecule has 0 spiro atoms. The van der Waals surface area contributed by atoms with E-state index in [1.807, 2.05) is 18.2 Å². The largest absolute Gasteiger partial charge is 0.401 e. The van der Waals surface area contributed by atoms with Gasteiger partial charge in [-0.05, 0) is 17.5 Å². The minimum absolute atomic E-state index is 0.246. The second kappa shape index (κ2) is 4.33. The van der Waals surface area contributed by atoms with Crippen LogP contribution in [0.25, 0.3) is 0 Å². The first kappa shape index (κ1) is 11.3. The molecule has 2 nitrogen and oxygen atoms in total. The van der Waals surface area contributed by atoms with Crippen LogP contribution in [-0.2, 0) is 13.0 Å². The number of nitrogens with one attached hydrogen (secondary N) is 2. The molecule has 2 N–H and O–H groups in total. The summed E-state index contributed by atoms with van der Waals surface area (Å²) in [4.78, 5) is 0. The van der Waals surface area contributed by atoms with Crippen molar-refractivity contribution in [3.05, 3.63) is 29.3 Å². The minimum Gasteiger partial charge on any atom is -0.384 e. The molecule has 0 unspecified atom stereocenters. The second-order valence-electron chi connectivity index (χ2n) is 3.85. The van der Waals surface area contributed by atoms with Crippen LogP contribution in [-0.4, -0.2) is 19.3 Å². The van der Waals surface area contributed by atoms with Crippen LogP contribution in [0.2, 0.25) is 0 Å². The molecule has 0 saturated carbocycles. The van der Waals surface area contributed by atoms with Crippen molar-refractivity contribution in [2.45, 2.75) is 19.1 Å². The molecule has 1 heterocycles. The van der Waals surface area contributed by atoms with Crippen LogP contribution in [0, 0.1) is 0 Å². The first-order chi connectivity index (χ1) is 7.56. The van der Waals surface area contributed by atoms with Crippen LogP contribution >= 0.6 is 0 Å². The molecule has 2 rings (SSSR count). The maximum atomic E-state index is 12.0. The molecule has 1 aromatic carbocycles. The third kappa shape index (κ3) is 2.66. The topological polar surface area (TPSA) is 24.1 Å². The summed E-state index contributed by atoms with van der Waals surface area (Å²) in [6.45, 7) is 0.165. The lowest BCUT2D eigenvalue weighted by Gasteiger charge is -2.11. The third-order valence-corrected chi connectivity index (χ3v) is 2.57. The van der Waals surface area contributed by atoms with E-state index in [9.17, 15) is 13.2 Å². The van der Waals surface area contributed by atoms with E-state index in [2.05, 4.69) is 10.6 Å². The molecule has 16 heavy (non-hydrogen) atoms.